The molecule has 1 amide bonds. The Balaban J connectivity index is 1.99. The highest BCUT2D eigenvalue weighted by molar-refractivity contribution is 5.92. The Morgan fingerprint density at radius 3 is 3.00 bits per heavy atom. The predicted molar refractivity (Wildman–Crippen MR) is 54.7 cm³/mol. The van der Waals surface area contributed by atoms with Crippen LogP contribution >= 0.6 is 0 Å². The Bertz CT molecular complexity index is 385. The first-order chi connectivity index (χ1) is 7.72. The molecule has 1 atom stereocenters. The number of amides is 1. The Hall–Kier alpha value is -1.78. The molecule has 0 N–H and O–H groups in total. The van der Waals surface area contributed by atoms with Gasteiger partial charge in [-0.15, -0.1) is 0 Å². The van der Waals surface area contributed by atoms with Crippen LogP contribution in [-0.2, 0) is 9.53 Å². The molecule has 0 spiro atoms. The van der Waals surface area contributed by atoms with E-state index in [1.54, 1.807) is 17.0 Å². The van der Waals surface area contributed by atoms with Crippen LogP contribution in [0.25, 0.3) is 0 Å². The van der Waals surface area contributed by atoms with E-state index in [1.807, 2.05) is 0 Å². The largest absolute Gasteiger partial charge is 0.469 e. The number of carbonyl (C=O) groups excluding carboxylic acids is 2. The summed E-state index contributed by atoms with van der Waals surface area (Å²) in [6.45, 7) is 0.978. The van der Waals surface area contributed by atoms with Crippen LogP contribution < -0.4 is 0 Å². The number of methoxy groups -OCH3 is 1. The molecule has 1 saturated heterocycles. The lowest BCUT2D eigenvalue weighted by atomic mass is 10.1. The number of carbonyl (C=O) groups is 2. The zero-order valence-electron chi connectivity index (χ0n) is 9.01. The fourth-order valence-electron chi connectivity index (χ4n) is 1.86. The molecular formula is C11H13NO4. The zero-order chi connectivity index (χ0) is 11.5. The minimum absolute atomic E-state index is 0.170. The van der Waals surface area contributed by atoms with Crippen molar-refractivity contribution in [2.45, 2.75) is 6.42 Å². The van der Waals surface area contributed by atoms with Gasteiger partial charge < -0.3 is 14.1 Å². The van der Waals surface area contributed by atoms with Crippen LogP contribution in [0.2, 0.25) is 0 Å². The van der Waals surface area contributed by atoms with Crippen molar-refractivity contribution in [1.82, 2.24) is 4.90 Å². The van der Waals surface area contributed by atoms with Crippen molar-refractivity contribution >= 4 is 11.9 Å². The van der Waals surface area contributed by atoms with E-state index in [0.717, 1.165) is 0 Å². The van der Waals surface area contributed by atoms with Gasteiger partial charge in [0.2, 0.25) is 0 Å². The van der Waals surface area contributed by atoms with Gasteiger partial charge in [-0.2, -0.15) is 0 Å². The summed E-state index contributed by atoms with van der Waals surface area (Å²) in [5.41, 5.74) is 0. The molecule has 0 saturated carbocycles. The maximum atomic E-state index is 11.8. The van der Waals surface area contributed by atoms with E-state index in [-0.39, 0.29) is 17.8 Å². The van der Waals surface area contributed by atoms with Crippen molar-refractivity contribution in [2.75, 3.05) is 20.2 Å². The predicted octanol–water partition coefficient (Wildman–Crippen LogP) is 0.915. The number of rotatable bonds is 2. The summed E-state index contributed by atoms with van der Waals surface area (Å²) in [6.07, 6.45) is 2.11. The average molecular weight is 223 g/mol. The van der Waals surface area contributed by atoms with Gasteiger partial charge in [0.05, 0.1) is 19.3 Å². The van der Waals surface area contributed by atoms with Crippen molar-refractivity contribution in [3.63, 3.8) is 0 Å². The lowest BCUT2D eigenvalue weighted by Gasteiger charge is -2.13. The number of likely N-dealkylation sites (tertiary alicyclic amines) is 1. The fraction of sp³-hybridized carbons (Fsp3) is 0.455. The van der Waals surface area contributed by atoms with Crippen molar-refractivity contribution in [2.24, 2.45) is 5.92 Å². The first-order valence-electron chi connectivity index (χ1n) is 5.13. The van der Waals surface area contributed by atoms with Gasteiger partial charge in [0.25, 0.3) is 5.91 Å². The summed E-state index contributed by atoms with van der Waals surface area (Å²) in [5, 5.41) is 0. The fourth-order valence-corrected chi connectivity index (χ4v) is 1.86. The van der Waals surface area contributed by atoms with E-state index in [2.05, 4.69) is 4.74 Å². The van der Waals surface area contributed by atoms with Gasteiger partial charge in [0.15, 0.2) is 5.76 Å². The molecule has 2 heterocycles. The molecule has 5 heteroatoms. The summed E-state index contributed by atoms with van der Waals surface area (Å²) >= 11 is 0. The Kier molecular flexibility index (Phi) is 2.94. The summed E-state index contributed by atoms with van der Waals surface area (Å²) < 4.78 is 9.67. The van der Waals surface area contributed by atoms with Crippen molar-refractivity contribution in [1.29, 1.82) is 0 Å². The molecule has 0 aromatic carbocycles. The topological polar surface area (TPSA) is 59.8 Å². The molecule has 86 valence electrons. The third kappa shape index (κ3) is 1.93. The quantitative estimate of drug-likeness (QED) is 0.699. The molecule has 1 fully saturated rings. The lowest BCUT2D eigenvalue weighted by molar-refractivity contribution is -0.144. The average Bonchev–Trinajstić information content (AvgIpc) is 2.97. The molecule has 2 rings (SSSR count). The Morgan fingerprint density at radius 2 is 2.38 bits per heavy atom. The highest BCUT2D eigenvalue weighted by Crippen LogP contribution is 2.19. The van der Waals surface area contributed by atoms with Crippen molar-refractivity contribution < 1.29 is 18.7 Å². The standard InChI is InChI=1S/C11H13NO4/c1-15-11(14)8-4-5-12(7-8)10(13)9-3-2-6-16-9/h2-3,6,8H,4-5,7H2,1H3. The molecule has 0 aliphatic carbocycles. The summed E-state index contributed by atoms with van der Waals surface area (Å²) in [6, 6.07) is 3.29. The molecule has 0 bridgehead atoms. The van der Waals surface area contributed by atoms with E-state index in [1.165, 1.54) is 13.4 Å². The van der Waals surface area contributed by atoms with Crippen molar-refractivity contribution in [3.8, 4) is 0 Å². The number of nitrogens with zero attached hydrogens (tertiary/aromatic N) is 1. The molecule has 1 aromatic heterocycles. The van der Waals surface area contributed by atoms with Gasteiger partial charge in [-0.1, -0.05) is 0 Å². The van der Waals surface area contributed by atoms with Gasteiger partial charge in [0.1, 0.15) is 0 Å². The molecule has 16 heavy (non-hydrogen) atoms. The van der Waals surface area contributed by atoms with Crippen LogP contribution in [-0.4, -0.2) is 37.0 Å². The first-order valence-corrected chi connectivity index (χ1v) is 5.13. The summed E-state index contributed by atoms with van der Waals surface area (Å²) in [7, 11) is 1.36. The molecular weight excluding hydrogens is 210 g/mol. The highest BCUT2D eigenvalue weighted by atomic mass is 16.5. The first kappa shape index (κ1) is 10.7. The van der Waals surface area contributed by atoms with Crippen LogP contribution in [0, 0.1) is 5.92 Å². The van der Waals surface area contributed by atoms with E-state index >= 15 is 0 Å². The van der Waals surface area contributed by atoms with Crippen LogP contribution in [0.3, 0.4) is 0 Å². The number of hydrogen-bond acceptors (Lipinski definition) is 4. The number of furan rings is 1. The minimum atomic E-state index is -0.255. The van der Waals surface area contributed by atoms with Gasteiger partial charge >= 0.3 is 5.97 Å². The number of hydrogen-bond donors (Lipinski definition) is 0. The summed E-state index contributed by atoms with van der Waals surface area (Å²) in [4.78, 5) is 24.7. The molecule has 5 nitrogen and oxygen atoms in total. The number of ether oxygens (including phenoxy) is 1. The van der Waals surface area contributed by atoms with Crippen LogP contribution in [0.15, 0.2) is 22.8 Å². The smallest absolute Gasteiger partial charge is 0.310 e. The third-order valence-electron chi connectivity index (χ3n) is 2.74. The van der Waals surface area contributed by atoms with E-state index in [4.69, 9.17) is 4.42 Å². The molecule has 1 aromatic rings. The van der Waals surface area contributed by atoms with Crippen molar-refractivity contribution in [3.05, 3.63) is 24.2 Å². The Labute approximate surface area is 93.0 Å². The SMILES string of the molecule is COC(=O)C1CCN(C(=O)c2ccco2)C1. The monoisotopic (exact) mass is 223 g/mol. The van der Waals surface area contributed by atoms with E-state index in [0.29, 0.717) is 25.3 Å². The highest BCUT2D eigenvalue weighted by Gasteiger charge is 2.32. The third-order valence-corrected chi connectivity index (χ3v) is 2.74. The van der Waals surface area contributed by atoms with Crippen LogP contribution in [0.1, 0.15) is 17.0 Å². The van der Waals surface area contributed by atoms with Crippen LogP contribution in [0.5, 0.6) is 0 Å². The maximum absolute atomic E-state index is 11.8. The van der Waals surface area contributed by atoms with Gasteiger partial charge in [0, 0.05) is 13.1 Å². The molecule has 0 radical (unpaired) electrons. The minimum Gasteiger partial charge on any atom is -0.469 e. The second kappa shape index (κ2) is 4.38. The lowest BCUT2D eigenvalue weighted by Crippen LogP contribution is -2.29. The Morgan fingerprint density at radius 1 is 1.56 bits per heavy atom. The molecule has 1 aliphatic heterocycles. The van der Waals surface area contributed by atoms with Gasteiger partial charge in [-0.05, 0) is 18.6 Å². The maximum Gasteiger partial charge on any atom is 0.310 e. The van der Waals surface area contributed by atoms with E-state index < -0.39 is 0 Å². The van der Waals surface area contributed by atoms with Gasteiger partial charge in [-0.25, -0.2) is 0 Å². The second-order valence-corrected chi connectivity index (χ2v) is 3.74. The zero-order valence-corrected chi connectivity index (χ0v) is 9.01. The second-order valence-electron chi connectivity index (χ2n) is 3.74. The van der Waals surface area contributed by atoms with E-state index in [9.17, 15) is 9.59 Å². The number of esters is 1. The molecule has 1 aliphatic rings. The van der Waals surface area contributed by atoms with Gasteiger partial charge in [-0.3, -0.25) is 9.59 Å². The van der Waals surface area contributed by atoms with Crippen LogP contribution in [0.4, 0.5) is 0 Å². The normalized spacial score (nSPS) is 19.8. The molecule has 1 unspecified atom stereocenters. The summed E-state index contributed by atoms with van der Waals surface area (Å²) in [5.74, 6) is -0.319.